The first kappa shape index (κ1) is 31.1. The molecule has 0 spiro atoms. The van der Waals surface area contributed by atoms with Gasteiger partial charge in [0.05, 0.1) is 59.6 Å². The number of aromatic nitrogens is 6. The first-order valence-electron chi connectivity index (χ1n) is 15.1. The van der Waals surface area contributed by atoms with Crippen LogP contribution in [0.2, 0.25) is 0 Å². The number of fused-ring (bicyclic) bond motifs is 1. The zero-order valence-electron chi connectivity index (χ0n) is 25.9. The van der Waals surface area contributed by atoms with Gasteiger partial charge in [0.2, 0.25) is 0 Å². The Bertz CT molecular complexity index is 2150. The fraction of sp³-hybridized carbons (Fsp3) is 0.229. The molecule has 1 saturated heterocycles. The fourth-order valence-corrected chi connectivity index (χ4v) is 5.94. The Morgan fingerprint density at radius 1 is 1.00 bits per heavy atom. The van der Waals surface area contributed by atoms with Gasteiger partial charge in [-0.3, -0.25) is 0 Å². The van der Waals surface area contributed by atoms with Gasteiger partial charge in [-0.05, 0) is 65.7 Å². The second-order valence-corrected chi connectivity index (χ2v) is 12.3. The average Bonchev–Trinajstić information content (AvgIpc) is 3.81. The second kappa shape index (κ2) is 12.2. The number of carboxylic acids is 1. The summed E-state index contributed by atoms with van der Waals surface area (Å²) in [7, 11) is 0. The Labute approximate surface area is 272 Å². The molecule has 1 aliphatic rings. The molecule has 48 heavy (non-hydrogen) atoms. The van der Waals surface area contributed by atoms with E-state index in [0.717, 1.165) is 29.4 Å². The van der Waals surface area contributed by atoms with Crippen LogP contribution in [0.5, 0.6) is 5.88 Å². The van der Waals surface area contributed by atoms with E-state index < -0.39 is 23.4 Å². The van der Waals surface area contributed by atoms with Gasteiger partial charge in [-0.25, -0.2) is 32.6 Å². The quantitative estimate of drug-likeness (QED) is 0.186. The number of hydrogen-bond donors (Lipinski definition) is 1. The Morgan fingerprint density at radius 2 is 1.81 bits per heavy atom. The monoisotopic (exact) mass is 654 g/mol. The van der Waals surface area contributed by atoms with E-state index in [9.17, 15) is 14.3 Å². The number of rotatable bonds is 9. The lowest BCUT2D eigenvalue weighted by molar-refractivity contribution is 0.0697. The standard InChI is InChI=1S/C35H29F3N6O4/c1-35(2)19-47-18-31(35)44-30-14-21(34(45)46)5-9-29(30)40-32(44)15-22-13-27(38)24(16-26(22)37)28-10-8-25(36)33(41-28)48-17-20-3-6-23(7-4-20)43-12-11-39-42-43/h3-14,16,31H,15,17-19H2,1-2H3,(H,45,46)/t31-/m1/s1. The maximum Gasteiger partial charge on any atom is 0.335 e. The van der Waals surface area contributed by atoms with Crippen molar-refractivity contribution in [2.75, 3.05) is 13.2 Å². The molecule has 244 valence electrons. The minimum absolute atomic E-state index is 0.00540. The third-order valence-corrected chi connectivity index (χ3v) is 8.55. The number of pyridine rings is 1. The maximum atomic E-state index is 15.7. The Morgan fingerprint density at radius 3 is 2.52 bits per heavy atom. The molecule has 6 aromatic rings. The van der Waals surface area contributed by atoms with Crippen LogP contribution in [0.25, 0.3) is 28.0 Å². The van der Waals surface area contributed by atoms with Gasteiger partial charge in [-0.15, -0.1) is 5.10 Å². The normalized spacial score (nSPS) is 15.6. The highest BCUT2D eigenvalue weighted by Crippen LogP contribution is 2.40. The van der Waals surface area contributed by atoms with Crippen LogP contribution in [0.4, 0.5) is 13.2 Å². The van der Waals surface area contributed by atoms with E-state index in [2.05, 4.69) is 15.3 Å². The molecule has 0 unspecified atom stereocenters. The highest BCUT2D eigenvalue weighted by Gasteiger charge is 2.39. The number of halogens is 3. The molecule has 10 nitrogen and oxygen atoms in total. The minimum atomic E-state index is -1.09. The second-order valence-electron chi connectivity index (χ2n) is 12.3. The minimum Gasteiger partial charge on any atom is -0.478 e. The average molecular weight is 655 g/mol. The number of carbonyl (C=O) groups is 1. The van der Waals surface area contributed by atoms with Crippen LogP contribution in [0.15, 0.2) is 79.1 Å². The Hall–Kier alpha value is -5.56. The van der Waals surface area contributed by atoms with Crippen molar-refractivity contribution in [1.82, 2.24) is 29.5 Å². The van der Waals surface area contributed by atoms with Crippen molar-refractivity contribution in [2.45, 2.75) is 32.9 Å². The predicted octanol–water partition coefficient (Wildman–Crippen LogP) is 6.56. The number of benzene rings is 3. The molecule has 13 heteroatoms. The summed E-state index contributed by atoms with van der Waals surface area (Å²) in [6.45, 7) is 4.87. The molecule has 0 saturated carbocycles. The van der Waals surface area contributed by atoms with E-state index in [1.807, 2.05) is 18.4 Å². The van der Waals surface area contributed by atoms with Crippen LogP contribution >= 0.6 is 0 Å². The summed E-state index contributed by atoms with van der Waals surface area (Å²) in [6, 6.07) is 16.0. The van der Waals surface area contributed by atoms with Crippen molar-refractivity contribution in [3.05, 3.63) is 119 Å². The molecule has 1 atom stereocenters. The van der Waals surface area contributed by atoms with Crippen LogP contribution in [0.3, 0.4) is 0 Å². The zero-order chi connectivity index (χ0) is 33.6. The van der Waals surface area contributed by atoms with E-state index in [0.29, 0.717) is 30.1 Å². The van der Waals surface area contributed by atoms with E-state index in [-0.39, 0.29) is 52.7 Å². The van der Waals surface area contributed by atoms with Crippen LogP contribution in [-0.2, 0) is 17.8 Å². The number of imidazole rings is 1. The molecule has 1 fully saturated rings. The lowest BCUT2D eigenvalue weighted by Crippen LogP contribution is -2.27. The van der Waals surface area contributed by atoms with Gasteiger partial charge >= 0.3 is 5.97 Å². The van der Waals surface area contributed by atoms with Gasteiger partial charge in [0, 0.05) is 17.4 Å². The SMILES string of the molecule is CC1(C)COC[C@H]1n1c(Cc2cc(F)c(-c3ccc(F)c(OCc4ccc(-n5ccnn5)cc4)n3)cc2F)nc2ccc(C(=O)O)cc21. The molecule has 0 bridgehead atoms. The van der Waals surface area contributed by atoms with Gasteiger partial charge in [0.25, 0.3) is 5.88 Å². The summed E-state index contributed by atoms with van der Waals surface area (Å²) < 4.78 is 60.9. The first-order valence-corrected chi connectivity index (χ1v) is 15.1. The third-order valence-electron chi connectivity index (χ3n) is 8.55. The van der Waals surface area contributed by atoms with Gasteiger partial charge in [0.15, 0.2) is 5.82 Å². The first-order chi connectivity index (χ1) is 23.1. The van der Waals surface area contributed by atoms with Crippen molar-refractivity contribution in [2.24, 2.45) is 5.41 Å². The summed E-state index contributed by atoms with van der Waals surface area (Å²) in [6.07, 6.45) is 3.19. The van der Waals surface area contributed by atoms with Crippen molar-refractivity contribution in [1.29, 1.82) is 0 Å². The molecule has 0 radical (unpaired) electrons. The number of nitrogens with zero attached hydrogens (tertiary/aromatic N) is 6. The summed E-state index contributed by atoms with van der Waals surface area (Å²) >= 11 is 0. The van der Waals surface area contributed by atoms with Crippen molar-refractivity contribution < 1.29 is 32.5 Å². The van der Waals surface area contributed by atoms with Crippen molar-refractivity contribution in [3.63, 3.8) is 0 Å². The summed E-state index contributed by atoms with van der Waals surface area (Å²) in [5.41, 5.74) is 2.24. The summed E-state index contributed by atoms with van der Waals surface area (Å²) in [5.74, 6) is -3.23. The van der Waals surface area contributed by atoms with Gasteiger partial charge < -0.3 is 19.1 Å². The topological polar surface area (TPSA) is 117 Å². The van der Waals surface area contributed by atoms with Crippen LogP contribution in [0.1, 0.15) is 47.2 Å². The highest BCUT2D eigenvalue weighted by molar-refractivity contribution is 5.92. The molecule has 1 aliphatic heterocycles. The number of aromatic carboxylic acids is 1. The number of carboxylic acid groups (broad SMARTS) is 1. The Balaban J connectivity index is 1.16. The molecule has 0 aliphatic carbocycles. The molecule has 1 N–H and O–H groups in total. The van der Waals surface area contributed by atoms with Gasteiger partial charge in [-0.2, -0.15) is 0 Å². The smallest absolute Gasteiger partial charge is 0.335 e. The molecule has 3 aromatic heterocycles. The predicted molar refractivity (Wildman–Crippen MR) is 168 cm³/mol. The summed E-state index contributed by atoms with van der Waals surface area (Å²) in [4.78, 5) is 20.6. The molecular weight excluding hydrogens is 625 g/mol. The van der Waals surface area contributed by atoms with E-state index >= 15 is 8.78 Å². The lowest BCUT2D eigenvalue weighted by Gasteiger charge is -2.28. The third kappa shape index (κ3) is 5.88. The Kier molecular flexibility index (Phi) is 7.91. The molecule has 3 aromatic carbocycles. The number of ether oxygens (including phenoxy) is 2. The number of hydrogen-bond acceptors (Lipinski definition) is 7. The van der Waals surface area contributed by atoms with Gasteiger partial charge in [-0.1, -0.05) is 31.2 Å². The van der Waals surface area contributed by atoms with Crippen LogP contribution in [0, 0.1) is 22.9 Å². The van der Waals surface area contributed by atoms with Crippen molar-refractivity contribution >= 4 is 17.0 Å². The van der Waals surface area contributed by atoms with E-state index in [4.69, 9.17) is 14.5 Å². The van der Waals surface area contributed by atoms with Gasteiger partial charge in [0.1, 0.15) is 24.1 Å². The molecule has 0 amide bonds. The van der Waals surface area contributed by atoms with E-state index in [1.165, 1.54) is 18.2 Å². The highest BCUT2D eigenvalue weighted by atomic mass is 19.1. The zero-order valence-corrected chi connectivity index (χ0v) is 25.9. The van der Waals surface area contributed by atoms with E-state index in [1.54, 1.807) is 47.4 Å². The van der Waals surface area contributed by atoms with Crippen molar-refractivity contribution in [3.8, 4) is 22.8 Å². The fourth-order valence-electron chi connectivity index (χ4n) is 5.94. The van der Waals surface area contributed by atoms with Crippen LogP contribution < -0.4 is 4.74 Å². The van der Waals surface area contributed by atoms with Crippen LogP contribution in [-0.4, -0.2) is 53.8 Å². The maximum absolute atomic E-state index is 15.7. The molecular formula is C35H29F3N6O4. The molecule has 7 rings (SSSR count). The molecule has 4 heterocycles. The largest absolute Gasteiger partial charge is 0.478 e. The summed E-state index contributed by atoms with van der Waals surface area (Å²) in [5, 5.41) is 17.3. The lowest BCUT2D eigenvalue weighted by atomic mass is 9.87.